The molecule has 0 radical (unpaired) electrons. The minimum absolute atomic E-state index is 0.0139. The molecule has 0 aromatic carbocycles. The molecule has 1 aromatic rings. The topological polar surface area (TPSA) is 143 Å². The number of nitrogen functional groups attached to an aromatic ring is 1. The van der Waals surface area contributed by atoms with Gasteiger partial charge in [-0.1, -0.05) is 0 Å². The molecule has 1 fully saturated rings. The van der Waals surface area contributed by atoms with Gasteiger partial charge in [0.05, 0.1) is 19.3 Å². The summed E-state index contributed by atoms with van der Waals surface area (Å²) >= 11 is 0. The highest BCUT2D eigenvalue weighted by Gasteiger charge is 2.35. The van der Waals surface area contributed by atoms with E-state index in [1.807, 2.05) is 5.48 Å². The molecular weight excluding hydrogens is 256 g/mol. The van der Waals surface area contributed by atoms with E-state index >= 15 is 0 Å². The smallest absolute Gasteiger partial charge is 0.351 e. The largest absolute Gasteiger partial charge is 0.394 e. The molecule has 1 aliphatic rings. The van der Waals surface area contributed by atoms with Gasteiger partial charge in [-0.15, -0.1) is 0 Å². The zero-order valence-electron chi connectivity index (χ0n) is 10.1. The third-order valence-corrected chi connectivity index (χ3v) is 3.02. The molecule has 1 saturated heterocycles. The Morgan fingerprint density at radius 3 is 2.95 bits per heavy atom. The van der Waals surface area contributed by atoms with Crippen LogP contribution in [-0.2, 0) is 11.3 Å². The average Bonchev–Trinajstić information content (AvgIpc) is 2.74. The second-order valence-corrected chi connectivity index (χ2v) is 4.29. The van der Waals surface area contributed by atoms with Gasteiger partial charge in [0.1, 0.15) is 18.1 Å². The average molecular weight is 272 g/mol. The number of hydrogen-bond acceptors (Lipinski definition) is 8. The van der Waals surface area contributed by atoms with E-state index in [2.05, 4.69) is 4.98 Å². The first-order valence-electron chi connectivity index (χ1n) is 5.75. The zero-order valence-corrected chi connectivity index (χ0v) is 10.1. The third-order valence-electron chi connectivity index (χ3n) is 3.02. The Balaban J connectivity index is 2.30. The molecule has 3 atom stereocenters. The van der Waals surface area contributed by atoms with Gasteiger partial charge in [-0.2, -0.15) is 4.98 Å². The van der Waals surface area contributed by atoms with Gasteiger partial charge in [-0.25, -0.2) is 10.3 Å². The zero-order chi connectivity index (χ0) is 14.0. The Bertz CT molecular complexity index is 505. The van der Waals surface area contributed by atoms with Gasteiger partial charge in [-0.3, -0.25) is 4.57 Å². The minimum Gasteiger partial charge on any atom is -0.394 e. The molecular formula is C10H16N4O5. The van der Waals surface area contributed by atoms with Crippen LogP contribution in [0.15, 0.2) is 11.0 Å². The molecule has 2 rings (SSSR count). The maximum atomic E-state index is 11.7. The van der Waals surface area contributed by atoms with Crippen LogP contribution >= 0.6 is 0 Å². The second-order valence-electron chi connectivity index (χ2n) is 4.29. The van der Waals surface area contributed by atoms with Crippen molar-refractivity contribution in [1.29, 1.82) is 0 Å². The Morgan fingerprint density at radius 2 is 2.37 bits per heavy atom. The molecule has 0 amide bonds. The summed E-state index contributed by atoms with van der Waals surface area (Å²) in [4.78, 5) is 15.4. The van der Waals surface area contributed by atoms with Gasteiger partial charge in [0.25, 0.3) is 0 Å². The van der Waals surface area contributed by atoms with Crippen molar-refractivity contribution in [3.8, 4) is 0 Å². The van der Waals surface area contributed by atoms with Gasteiger partial charge < -0.3 is 25.9 Å². The summed E-state index contributed by atoms with van der Waals surface area (Å²) in [5.74, 6) is 0.0139. The Morgan fingerprint density at radius 1 is 1.63 bits per heavy atom. The molecule has 0 bridgehead atoms. The summed E-state index contributed by atoms with van der Waals surface area (Å²) in [7, 11) is 0. The van der Waals surface area contributed by atoms with Crippen molar-refractivity contribution in [2.24, 2.45) is 0 Å². The van der Waals surface area contributed by atoms with Gasteiger partial charge >= 0.3 is 5.69 Å². The molecule has 9 nitrogen and oxygen atoms in total. The SMILES string of the molecule is Nc1nc(=O)n([C@H]2C[C@@H](O)[C@@H](CO)O2)cc1CNO. The fraction of sp³-hybridized carbons (Fsp3) is 0.600. The van der Waals surface area contributed by atoms with E-state index in [0.29, 0.717) is 5.56 Å². The van der Waals surface area contributed by atoms with Crippen LogP contribution in [-0.4, -0.2) is 43.8 Å². The van der Waals surface area contributed by atoms with Crippen molar-refractivity contribution in [1.82, 2.24) is 15.0 Å². The molecule has 0 saturated carbocycles. The molecule has 9 heteroatoms. The number of aliphatic hydroxyl groups is 2. The highest BCUT2D eigenvalue weighted by Crippen LogP contribution is 2.27. The summed E-state index contributed by atoms with van der Waals surface area (Å²) in [6.45, 7) is -0.308. The van der Waals surface area contributed by atoms with Crippen LogP contribution in [0.25, 0.3) is 0 Å². The summed E-state index contributed by atoms with van der Waals surface area (Å²) < 4.78 is 6.54. The molecule has 106 valence electrons. The lowest BCUT2D eigenvalue weighted by atomic mass is 10.2. The summed E-state index contributed by atoms with van der Waals surface area (Å²) in [5, 5.41) is 27.3. The van der Waals surface area contributed by atoms with Crippen molar-refractivity contribution < 1.29 is 20.2 Å². The Labute approximate surface area is 108 Å². The van der Waals surface area contributed by atoms with Gasteiger partial charge in [0.2, 0.25) is 0 Å². The van der Waals surface area contributed by atoms with Crippen molar-refractivity contribution in [2.45, 2.75) is 31.4 Å². The number of ether oxygens (including phenoxy) is 1. The van der Waals surface area contributed by atoms with Gasteiger partial charge in [0, 0.05) is 18.2 Å². The normalized spacial score (nSPS) is 26.8. The Kier molecular flexibility index (Phi) is 4.12. The number of anilines is 1. The lowest BCUT2D eigenvalue weighted by molar-refractivity contribution is -0.0459. The number of nitrogens with zero attached hydrogens (tertiary/aromatic N) is 2. The number of nitrogens with one attached hydrogen (secondary N) is 1. The quantitative estimate of drug-likeness (QED) is 0.394. The summed E-state index contributed by atoms with van der Waals surface area (Å²) in [6, 6.07) is 0. The molecule has 0 unspecified atom stereocenters. The number of aliphatic hydroxyl groups excluding tert-OH is 2. The van der Waals surface area contributed by atoms with Crippen LogP contribution in [0.1, 0.15) is 18.2 Å². The summed E-state index contributed by atoms with van der Waals surface area (Å²) in [5.41, 5.74) is 7.28. The molecule has 0 spiro atoms. The summed E-state index contributed by atoms with van der Waals surface area (Å²) in [6.07, 6.45) is -0.716. The first-order chi connectivity index (χ1) is 9.06. The van der Waals surface area contributed by atoms with E-state index in [1.165, 1.54) is 10.8 Å². The lowest BCUT2D eigenvalue weighted by Gasteiger charge is -2.16. The van der Waals surface area contributed by atoms with E-state index in [-0.39, 0.29) is 25.4 Å². The minimum atomic E-state index is -0.848. The van der Waals surface area contributed by atoms with E-state index in [4.69, 9.17) is 20.8 Å². The van der Waals surface area contributed by atoms with Crippen LogP contribution < -0.4 is 16.9 Å². The number of hydroxylamine groups is 1. The van der Waals surface area contributed by atoms with Gasteiger partial charge in [-0.05, 0) is 0 Å². The second kappa shape index (κ2) is 5.63. The standard InChI is InChI=1S/C10H16N4O5/c11-9-5(2-12-18)3-14(10(17)13-9)8-1-6(16)7(4-15)19-8/h3,6-8,12,15-16,18H,1-2,4H2,(H2,11,13,17)/t6-,7-,8-/m1/s1. The van der Waals surface area contributed by atoms with Crippen molar-refractivity contribution in [3.63, 3.8) is 0 Å². The fourth-order valence-electron chi connectivity index (χ4n) is 2.00. The Hall–Kier alpha value is -1.52. The van der Waals surface area contributed by atoms with Crippen LogP contribution in [0.5, 0.6) is 0 Å². The molecule has 1 aromatic heterocycles. The molecule has 2 heterocycles. The first kappa shape index (κ1) is 13.9. The maximum Gasteiger partial charge on any atom is 0.351 e. The molecule has 19 heavy (non-hydrogen) atoms. The van der Waals surface area contributed by atoms with Crippen LogP contribution in [0, 0.1) is 0 Å². The fourth-order valence-corrected chi connectivity index (χ4v) is 2.00. The molecule has 1 aliphatic heterocycles. The predicted octanol–water partition coefficient (Wildman–Crippen LogP) is -2.05. The molecule has 6 N–H and O–H groups in total. The maximum absolute atomic E-state index is 11.7. The van der Waals surface area contributed by atoms with Crippen molar-refractivity contribution in [3.05, 3.63) is 22.2 Å². The number of nitrogens with two attached hydrogens (primary N) is 1. The number of rotatable bonds is 4. The number of hydrogen-bond donors (Lipinski definition) is 5. The van der Waals surface area contributed by atoms with Crippen molar-refractivity contribution >= 4 is 5.82 Å². The highest BCUT2D eigenvalue weighted by atomic mass is 16.5. The predicted molar refractivity (Wildman–Crippen MR) is 63.2 cm³/mol. The van der Waals surface area contributed by atoms with Crippen LogP contribution in [0.2, 0.25) is 0 Å². The highest BCUT2D eigenvalue weighted by molar-refractivity contribution is 5.36. The lowest BCUT2D eigenvalue weighted by Crippen LogP contribution is -2.29. The molecule has 0 aliphatic carbocycles. The number of aromatic nitrogens is 2. The van der Waals surface area contributed by atoms with Crippen molar-refractivity contribution in [2.75, 3.05) is 12.3 Å². The monoisotopic (exact) mass is 272 g/mol. The van der Waals surface area contributed by atoms with Gasteiger partial charge in [0.15, 0.2) is 0 Å². The van der Waals surface area contributed by atoms with Crippen LogP contribution in [0.3, 0.4) is 0 Å². The van der Waals surface area contributed by atoms with E-state index < -0.39 is 24.1 Å². The van der Waals surface area contributed by atoms with Crippen LogP contribution in [0.4, 0.5) is 5.82 Å². The first-order valence-corrected chi connectivity index (χ1v) is 5.75. The van der Waals surface area contributed by atoms with E-state index in [9.17, 15) is 9.90 Å². The van der Waals surface area contributed by atoms with E-state index in [1.54, 1.807) is 0 Å². The van der Waals surface area contributed by atoms with E-state index in [0.717, 1.165) is 0 Å². The third kappa shape index (κ3) is 2.74.